The number of nitrogens with zero attached hydrogens (tertiary/aromatic N) is 1. The van der Waals surface area contributed by atoms with Crippen LogP contribution in [0, 0.1) is 0 Å². The van der Waals surface area contributed by atoms with E-state index >= 15 is 0 Å². The molecule has 1 aliphatic rings. The normalized spacial score (nSPS) is 14.5. The maximum Gasteiger partial charge on any atom is 0.0310 e. The summed E-state index contributed by atoms with van der Waals surface area (Å²) in [6, 6.07) is 0. The molecule has 0 bridgehead atoms. The first-order valence-corrected chi connectivity index (χ1v) is 8.82. The van der Waals surface area contributed by atoms with Crippen LogP contribution in [0.3, 0.4) is 0 Å². The van der Waals surface area contributed by atoms with Crippen molar-refractivity contribution in [2.75, 3.05) is 5.75 Å². The van der Waals surface area contributed by atoms with Crippen molar-refractivity contribution in [3.8, 4) is 0 Å². The largest absolute Gasteiger partial charge is 0.269 e. The first kappa shape index (κ1) is 19.8. The van der Waals surface area contributed by atoms with Crippen LogP contribution in [0.2, 0.25) is 0 Å². The van der Waals surface area contributed by atoms with E-state index in [0.717, 1.165) is 27.4 Å². The molecule has 0 atom stereocenters. The van der Waals surface area contributed by atoms with Gasteiger partial charge in [0.2, 0.25) is 0 Å². The van der Waals surface area contributed by atoms with Gasteiger partial charge in [0.1, 0.15) is 0 Å². The molecule has 124 valence electrons. The van der Waals surface area contributed by atoms with Gasteiger partial charge in [-0.1, -0.05) is 43.0 Å². The molecule has 0 amide bonds. The monoisotopic (exact) mass is 335 g/mol. The van der Waals surface area contributed by atoms with Crippen molar-refractivity contribution in [3.05, 3.63) is 101 Å². The van der Waals surface area contributed by atoms with Gasteiger partial charge in [-0.2, -0.15) is 0 Å². The Labute approximate surface area is 150 Å². The third-order valence-corrected chi connectivity index (χ3v) is 4.01. The molecule has 24 heavy (non-hydrogen) atoms. The molecule has 0 N–H and O–H groups in total. The summed E-state index contributed by atoms with van der Waals surface area (Å²) in [4.78, 5) is 5.46. The molecular weight excluding hydrogens is 310 g/mol. The number of rotatable bonds is 8. The minimum Gasteiger partial charge on any atom is -0.269 e. The quantitative estimate of drug-likeness (QED) is 0.280. The van der Waals surface area contributed by atoms with Crippen LogP contribution < -0.4 is 0 Å². The van der Waals surface area contributed by atoms with Crippen LogP contribution in [0.5, 0.6) is 0 Å². The molecule has 0 unspecified atom stereocenters. The molecule has 0 saturated carbocycles. The van der Waals surface area contributed by atoms with Crippen LogP contribution in [0.1, 0.15) is 20.8 Å². The van der Waals surface area contributed by atoms with Gasteiger partial charge in [-0.25, -0.2) is 0 Å². The molecule has 0 heterocycles. The van der Waals surface area contributed by atoms with Crippen LogP contribution in [0.25, 0.3) is 0 Å². The van der Waals surface area contributed by atoms with E-state index in [1.54, 1.807) is 18.0 Å². The Morgan fingerprint density at radius 3 is 2.75 bits per heavy atom. The van der Waals surface area contributed by atoms with Gasteiger partial charge in [0, 0.05) is 23.1 Å². The lowest BCUT2D eigenvalue weighted by atomic mass is 10.0. The summed E-state index contributed by atoms with van der Waals surface area (Å²) in [7, 11) is 0. The van der Waals surface area contributed by atoms with Crippen LogP contribution in [0.4, 0.5) is 0 Å². The molecule has 0 fully saturated rings. The van der Waals surface area contributed by atoms with E-state index in [9.17, 15) is 0 Å². The van der Waals surface area contributed by atoms with E-state index in [0.29, 0.717) is 0 Å². The summed E-state index contributed by atoms with van der Waals surface area (Å²) in [6.45, 7) is 14.1. The average Bonchev–Trinajstić information content (AvgIpc) is 2.81. The van der Waals surface area contributed by atoms with Crippen LogP contribution in [-0.2, 0) is 0 Å². The Morgan fingerprint density at radius 2 is 2.08 bits per heavy atom. The van der Waals surface area contributed by atoms with Gasteiger partial charge < -0.3 is 0 Å². The van der Waals surface area contributed by atoms with Crippen molar-refractivity contribution in [2.24, 2.45) is 4.99 Å². The van der Waals surface area contributed by atoms with E-state index in [1.807, 2.05) is 43.5 Å². The van der Waals surface area contributed by atoms with Gasteiger partial charge in [0.05, 0.1) is 0 Å². The highest BCUT2D eigenvalue weighted by atomic mass is 32.2. The van der Waals surface area contributed by atoms with Crippen LogP contribution in [-0.4, -0.2) is 12.0 Å². The van der Waals surface area contributed by atoms with Crippen molar-refractivity contribution < 1.29 is 0 Å². The lowest BCUT2D eigenvalue weighted by Gasteiger charge is -2.09. The number of aliphatic imine (C=N–C) groups is 1. The highest BCUT2D eigenvalue weighted by molar-refractivity contribution is 8.03. The van der Waals surface area contributed by atoms with E-state index in [1.165, 1.54) is 5.57 Å². The number of allylic oxidation sites excluding steroid dienone is 10. The van der Waals surface area contributed by atoms with Crippen LogP contribution >= 0.6 is 11.8 Å². The van der Waals surface area contributed by atoms with Gasteiger partial charge in [-0.15, -0.1) is 17.5 Å². The average molecular weight is 336 g/mol. The summed E-state index contributed by atoms with van der Waals surface area (Å²) in [5.74, 6) is 0.801. The fourth-order valence-corrected chi connectivity index (χ4v) is 2.83. The Balaban J connectivity index is 3.00. The first-order valence-electron chi connectivity index (χ1n) is 7.84. The van der Waals surface area contributed by atoms with E-state index in [-0.39, 0.29) is 0 Å². The van der Waals surface area contributed by atoms with Gasteiger partial charge in [-0.05, 0) is 61.8 Å². The zero-order valence-corrected chi connectivity index (χ0v) is 15.6. The second kappa shape index (κ2) is 11.3. The maximum absolute atomic E-state index is 4.29. The summed E-state index contributed by atoms with van der Waals surface area (Å²) >= 11 is 1.75. The summed E-state index contributed by atoms with van der Waals surface area (Å²) in [5.41, 5.74) is 7.46. The second-order valence-corrected chi connectivity index (χ2v) is 6.43. The Bertz CT molecular complexity index is 711. The standard InChI is InChI=1S/C22H25NS/c1-6-20(15-19(5)14-18(3)4)21(16-23-7-2)17-24-22-12-10-8-9-11-13-22/h6-10,12-16H,1,5,17H2,2-4H3/b20-15+,21-16+,23-7-. The fourth-order valence-electron chi connectivity index (χ4n) is 1.95. The third-order valence-electron chi connectivity index (χ3n) is 2.97. The Kier molecular flexibility index (Phi) is 9.29. The number of hydrogen-bond acceptors (Lipinski definition) is 2. The molecule has 0 aromatic carbocycles. The van der Waals surface area contributed by atoms with Crippen molar-refractivity contribution in [3.63, 3.8) is 0 Å². The Morgan fingerprint density at radius 1 is 1.29 bits per heavy atom. The summed E-state index contributed by atoms with van der Waals surface area (Å²) in [6.07, 6.45) is 19.6. The van der Waals surface area contributed by atoms with E-state index in [2.05, 4.69) is 56.0 Å². The van der Waals surface area contributed by atoms with Gasteiger partial charge in [0.15, 0.2) is 0 Å². The minimum absolute atomic E-state index is 0.801. The first-order chi connectivity index (χ1) is 11.6. The highest BCUT2D eigenvalue weighted by Crippen LogP contribution is 2.25. The lowest BCUT2D eigenvalue weighted by Crippen LogP contribution is -1.92. The van der Waals surface area contributed by atoms with Crippen molar-refractivity contribution in [1.29, 1.82) is 0 Å². The summed E-state index contributed by atoms with van der Waals surface area (Å²) < 4.78 is 0. The molecule has 0 aromatic rings. The van der Waals surface area contributed by atoms with Gasteiger partial charge >= 0.3 is 0 Å². The topological polar surface area (TPSA) is 12.4 Å². The molecular formula is C22H25NS. The summed E-state index contributed by atoms with van der Waals surface area (Å²) in [5, 5.41) is 0. The molecule has 0 aliphatic heterocycles. The predicted molar refractivity (Wildman–Crippen MR) is 111 cm³/mol. The van der Waals surface area contributed by atoms with Crippen LogP contribution in [0.15, 0.2) is 106 Å². The minimum atomic E-state index is 0.801. The molecule has 0 aromatic heterocycles. The SMILES string of the molecule is C=CC(=C\C(=C)C=C(C)C)/C(=C/N=C\C)CSC1=CC=CC=C=C1. The molecule has 2 heteroatoms. The van der Waals surface area contributed by atoms with E-state index < -0.39 is 0 Å². The maximum atomic E-state index is 4.29. The van der Waals surface area contributed by atoms with E-state index in [4.69, 9.17) is 0 Å². The zero-order chi connectivity index (χ0) is 17.8. The van der Waals surface area contributed by atoms with Crippen molar-refractivity contribution >= 4 is 18.0 Å². The Hall–Kier alpha value is -2.28. The van der Waals surface area contributed by atoms with Crippen molar-refractivity contribution in [2.45, 2.75) is 20.8 Å². The molecule has 1 nitrogen and oxygen atoms in total. The molecule has 0 saturated heterocycles. The van der Waals surface area contributed by atoms with Gasteiger partial charge in [-0.3, -0.25) is 4.99 Å². The third kappa shape index (κ3) is 7.82. The molecule has 1 aliphatic carbocycles. The highest BCUT2D eigenvalue weighted by Gasteiger charge is 2.05. The zero-order valence-electron chi connectivity index (χ0n) is 14.8. The predicted octanol–water partition coefficient (Wildman–Crippen LogP) is 6.49. The molecule has 0 radical (unpaired) electrons. The molecule has 1 rings (SSSR count). The number of thioether (sulfide) groups is 1. The lowest BCUT2D eigenvalue weighted by molar-refractivity contribution is 1.35. The fraction of sp³-hybridized carbons (Fsp3) is 0.182. The second-order valence-electron chi connectivity index (χ2n) is 5.38. The van der Waals surface area contributed by atoms with Gasteiger partial charge in [0.25, 0.3) is 0 Å². The number of hydrogen-bond donors (Lipinski definition) is 0. The van der Waals surface area contributed by atoms with Crippen molar-refractivity contribution in [1.82, 2.24) is 0 Å². The smallest absolute Gasteiger partial charge is 0.0310 e. The molecule has 0 spiro atoms.